The molecule has 0 bridgehead atoms. The molecule has 0 aliphatic heterocycles. The number of thiazole rings is 1. The predicted octanol–water partition coefficient (Wildman–Crippen LogP) is -2.34. The van der Waals surface area contributed by atoms with E-state index in [1.807, 2.05) is 14.0 Å². The van der Waals surface area contributed by atoms with Crippen LogP contribution in [0.25, 0.3) is 0 Å². The monoisotopic (exact) mass is 109 g/mol. The third-order valence-corrected chi connectivity index (χ3v) is 1.57. The van der Waals surface area contributed by atoms with Crippen LogP contribution in [0.5, 0.6) is 0 Å². The molecule has 1 aromatic rings. The van der Waals surface area contributed by atoms with Gasteiger partial charge in [-0.15, -0.1) is 11.3 Å². The van der Waals surface area contributed by atoms with Crippen molar-refractivity contribution in [1.29, 1.82) is 0 Å². The molecule has 34 valence electrons. The van der Waals surface area contributed by atoms with Gasteiger partial charge in [0.15, 0.2) is 15.7 Å². The SMILES string of the molecule is Bc1cnc(B)s1. The van der Waals surface area contributed by atoms with Gasteiger partial charge < -0.3 is 0 Å². The molecule has 0 aliphatic carbocycles. The molecule has 7 heavy (non-hydrogen) atoms. The molecular formula is C3H5B2NS. The van der Waals surface area contributed by atoms with E-state index in [-0.39, 0.29) is 0 Å². The summed E-state index contributed by atoms with van der Waals surface area (Å²) in [6, 6.07) is 0. The normalized spacial score (nSPS) is 9.14. The molecule has 0 saturated carbocycles. The molecule has 1 heterocycles. The first-order chi connectivity index (χ1) is 3.29. The van der Waals surface area contributed by atoms with Gasteiger partial charge >= 0.3 is 0 Å². The first-order valence-electron chi connectivity index (χ1n) is 2.18. The largest absolute Gasteiger partial charge is 0.262 e. The van der Waals surface area contributed by atoms with E-state index in [0.29, 0.717) is 0 Å². The molecule has 4 heteroatoms. The van der Waals surface area contributed by atoms with Crippen LogP contribution < -0.4 is 9.68 Å². The van der Waals surface area contributed by atoms with Gasteiger partial charge in [0.25, 0.3) is 0 Å². The van der Waals surface area contributed by atoms with Crippen LogP contribution in [0.2, 0.25) is 0 Å². The van der Waals surface area contributed by atoms with Crippen LogP contribution in [0, 0.1) is 0 Å². The van der Waals surface area contributed by atoms with Crippen LogP contribution >= 0.6 is 11.3 Å². The van der Waals surface area contributed by atoms with E-state index in [4.69, 9.17) is 0 Å². The summed E-state index contributed by atoms with van der Waals surface area (Å²) in [4.78, 5) is 5.19. The Morgan fingerprint density at radius 1 is 1.57 bits per heavy atom. The average molecular weight is 109 g/mol. The summed E-state index contributed by atoms with van der Waals surface area (Å²) in [6.45, 7) is 0. The molecular weight excluding hydrogens is 104 g/mol. The minimum absolute atomic E-state index is 1.15. The Kier molecular flexibility index (Phi) is 1.19. The summed E-state index contributed by atoms with van der Waals surface area (Å²) in [7, 11) is 4.07. The zero-order chi connectivity index (χ0) is 5.28. The molecule has 0 unspecified atom stereocenters. The van der Waals surface area contributed by atoms with Gasteiger partial charge in [0, 0.05) is 11.1 Å². The smallest absolute Gasteiger partial charge is 0.177 e. The zero-order valence-electron chi connectivity index (χ0n) is 4.43. The lowest BCUT2D eigenvalue weighted by molar-refractivity contribution is 1.49. The van der Waals surface area contributed by atoms with Crippen molar-refractivity contribution < 1.29 is 0 Å². The van der Waals surface area contributed by atoms with Gasteiger partial charge in [-0.2, -0.15) is 0 Å². The molecule has 0 amide bonds. The van der Waals surface area contributed by atoms with Crippen LogP contribution in [-0.2, 0) is 0 Å². The van der Waals surface area contributed by atoms with Gasteiger partial charge in [0.05, 0.1) is 0 Å². The third-order valence-electron chi connectivity index (χ3n) is 0.737. The fraction of sp³-hybridized carbons (Fsp3) is 0. The molecule has 0 aromatic carbocycles. The standard InChI is InChI=1S/C3H5B2NS/c4-2-1-6-3(5)7-2/h1H,4-5H2. The van der Waals surface area contributed by atoms with Crippen molar-refractivity contribution in [1.82, 2.24) is 4.98 Å². The summed E-state index contributed by atoms with van der Waals surface area (Å²) < 4.78 is 1.29. The summed E-state index contributed by atoms with van der Waals surface area (Å²) in [5, 5.41) is 0. The predicted molar refractivity (Wildman–Crippen MR) is 38.5 cm³/mol. The van der Waals surface area contributed by atoms with Crippen molar-refractivity contribution in [2.45, 2.75) is 0 Å². The van der Waals surface area contributed by atoms with E-state index in [9.17, 15) is 0 Å². The highest BCUT2D eigenvalue weighted by molar-refractivity contribution is 7.26. The van der Waals surface area contributed by atoms with Crippen LogP contribution in [-0.4, -0.2) is 20.7 Å². The number of rotatable bonds is 0. The van der Waals surface area contributed by atoms with Gasteiger partial charge in [-0.25, -0.2) is 0 Å². The second kappa shape index (κ2) is 1.70. The van der Waals surface area contributed by atoms with E-state index in [1.165, 1.54) is 4.78 Å². The fourth-order valence-corrected chi connectivity index (χ4v) is 1.14. The van der Waals surface area contributed by atoms with Crippen molar-refractivity contribution in [3.05, 3.63) is 6.20 Å². The van der Waals surface area contributed by atoms with E-state index in [2.05, 4.69) is 12.8 Å². The van der Waals surface area contributed by atoms with E-state index in [1.54, 1.807) is 11.3 Å². The van der Waals surface area contributed by atoms with E-state index < -0.39 is 0 Å². The molecule has 0 aliphatic rings. The maximum Gasteiger partial charge on any atom is 0.177 e. The molecule has 1 rings (SSSR count). The Morgan fingerprint density at radius 2 is 2.29 bits per heavy atom. The Balaban J connectivity index is 3.04. The fourth-order valence-electron chi connectivity index (χ4n) is 0.467. The van der Waals surface area contributed by atoms with Crippen LogP contribution in [0.1, 0.15) is 0 Å². The lowest BCUT2D eigenvalue weighted by Crippen LogP contribution is -1.96. The molecule has 0 radical (unpaired) electrons. The minimum atomic E-state index is 1.15. The second-order valence-electron chi connectivity index (χ2n) is 1.49. The van der Waals surface area contributed by atoms with Gasteiger partial charge in [0.1, 0.15) is 0 Å². The van der Waals surface area contributed by atoms with Crippen molar-refractivity contribution in [3.63, 3.8) is 0 Å². The molecule has 0 saturated heterocycles. The first-order valence-corrected chi connectivity index (χ1v) is 3.00. The maximum atomic E-state index is 4.03. The number of nitrogens with zero attached hydrogens (tertiary/aromatic N) is 1. The number of hydrogen-bond acceptors (Lipinski definition) is 2. The minimum Gasteiger partial charge on any atom is -0.262 e. The third kappa shape index (κ3) is 1.06. The molecule has 1 nitrogen and oxygen atoms in total. The Morgan fingerprint density at radius 3 is 2.43 bits per heavy atom. The Bertz CT molecular complexity index is 145. The summed E-state index contributed by atoms with van der Waals surface area (Å²) in [5.41, 5.74) is 0. The highest BCUT2D eigenvalue weighted by atomic mass is 32.1. The van der Waals surface area contributed by atoms with Gasteiger partial charge in [-0.3, -0.25) is 4.98 Å². The maximum absolute atomic E-state index is 4.03. The highest BCUT2D eigenvalue weighted by Gasteiger charge is 1.86. The van der Waals surface area contributed by atoms with Gasteiger partial charge in [0.2, 0.25) is 0 Å². The average Bonchev–Trinajstić information content (AvgIpc) is 1.87. The van der Waals surface area contributed by atoms with Gasteiger partial charge in [-0.1, -0.05) is 0 Å². The molecule has 0 N–H and O–H groups in total. The molecule has 0 fully saturated rings. The van der Waals surface area contributed by atoms with Crippen molar-refractivity contribution in [2.75, 3.05) is 0 Å². The van der Waals surface area contributed by atoms with Crippen molar-refractivity contribution in [2.24, 2.45) is 0 Å². The lowest BCUT2D eigenvalue weighted by atomic mass is 10.1. The van der Waals surface area contributed by atoms with Crippen molar-refractivity contribution in [3.8, 4) is 0 Å². The van der Waals surface area contributed by atoms with E-state index >= 15 is 0 Å². The van der Waals surface area contributed by atoms with Crippen LogP contribution in [0.15, 0.2) is 6.20 Å². The molecule has 0 spiro atoms. The first kappa shape index (κ1) is 4.91. The zero-order valence-corrected chi connectivity index (χ0v) is 5.25. The highest BCUT2D eigenvalue weighted by Crippen LogP contribution is 1.76. The van der Waals surface area contributed by atoms with Crippen LogP contribution in [0.4, 0.5) is 0 Å². The number of hydrogen-bond donors (Lipinski definition) is 0. The lowest BCUT2D eigenvalue weighted by Gasteiger charge is -1.68. The van der Waals surface area contributed by atoms with Crippen LogP contribution in [0.3, 0.4) is 0 Å². The molecule has 0 atom stereocenters. The summed E-state index contributed by atoms with van der Waals surface area (Å²) in [5.74, 6) is 0. The summed E-state index contributed by atoms with van der Waals surface area (Å²) >= 11 is 1.73. The van der Waals surface area contributed by atoms with E-state index in [0.717, 1.165) is 4.91 Å². The quantitative estimate of drug-likeness (QED) is 0.340. The topological polar surface area (TPSA) is 12.9 Å². The Labute approximate surface area is 48.6 Å². The Hall–Kier alpha value is -0.240. The number of aromatic nitrogens is 1. The van der Waals surface area contributed by atoms with Crippen molar-refractivity contribution >= 4 is 36.7 Å². The molecule has 1 aromatic heterocycles. The van der Waals surface area contributed by atoms with Gasteiger partial charge in [-0.05, 0) is 4.78 Å². The second-order valence-corrected chi connectivity index (χ2v) is 2.93. The summed E-state index contributed by atoms with van der Waals surface area (Å²) in [6.07, 6.45) is 1.89.